The summed E-state index contributed by atoms with van der Waals surface area (Å²) in [5.41, 5.74) is 5.46. The third-order valence-corrected chi connectivity index (χ3v) is 5.26. The summed E-state index contributed by atoms with van der Waals surface area (Å²) in [6, 6.07) is 8.43. The SMILES string of the molecule is CC1(C)CC(N)CN1S(=O)(=O)c1ccccc1. The Kier molecular flexibility index (Phi) is 3.01. The minimum atomic E-state index is -3.43. The monoisotopic (exact) mass is 254 g/mol. The first kappa shape index (κ1) is 12.5. The van der Waals surface area contributed by atoms with Crippen LogP contribution in [0.15, 0.2) is 35.2 Å². The second-order valence-corrected chi connectivity index (χ2v) is 6.99. The van der Waals surface area contributed by atoms with Gasteiger partial charge in [-0.15, -0.1) is 0 Å². The molecule has 0 spiro atoms. The molecule has 0 saturated carbocycles. The lowest BCUT2D eigenvalue weighted by molar-refractivity contribution is 0.291. The van der Waals surface area contributed by atoms with Crippen LogP contribution in [0.25, 0.3) is 0 Å². The van der Waals surface area contributed by atoms with Crippen molar-refractivity contribution in [2.75, 3.05) is 6.54 Å². The highest BCUT2D eigenvalue weighted by molar-refractivity contribution is 7.89. The summed E-state index contributed by atoms with van der Waals surface area (Å²) in [7, 11) is -3.43. The molecule has 0 amide bonds. The van der Waals surface area contributed by atoms with Gasteiger partial charge in [0.25, 0.3) is 0 Å². The molecule has 17 heavy (non-hydrogen) atoms. The smallest absolute Gasteiger partial charge is 0.243 e. The van der Waals surface area contributed by atoms with Crippen LogP contribution in [0.5, 0.6) is 0 Å². The summed E-state index contributed by atoms with van der Waals surface area (Å²) in [6.07, 6.45) is 0.694. The molecule has 1 aliphatic rings. The van der Waals surface area contributed by atoms with Crippen LogP contribution < -0.4 is 5.73 Å². The first-order valence-electron chi connectivity index (χ1n) is 5.67. The Labute approximate surface area is 102 Å². The summed E-state index contributed by atoms with van der Waals surface area (Å²) in [4.78, 5) is 0.335. The second kappa shape index (κ2) is 4.08. The fourth-order valence-corrected chi connectivity index (χ4v) is 4.28. The highest BCUT2D eigenvalue weighted by atomic mass is 32.2. The highest BCUT2D eigenvalue weighted by Crippen LogP contribution is 2.33. The molecular formula is C12H18N2O2S. The van der Waals surface area contributed by atoms with Crippen molar-refractivity contribution >= 4 is 10.0 Å². The van der Waals surface area contributed by atoms with Crippen molar-refractivity contribution in [1.29, 1.82) is 0 Å². The summed E-state index contributed by atoms with van der Waals surface area (Å²) >= 11 is 0. The molecule has 0 aliphatic carbocycles. The van der Waals surface area contributed by atoms with Crippen LogP contribution in [-0.4, -0.2) is 30.8 Å². The van der Waals surface area contributed by atoms with Gasteiger partial charge in [-0.1, -0.05) is 18.2 Å². The number of benzene rings is 1. The summed E-state index contributed by atoms with van der Waals surface area (Å²) in [5, 5.41) is 0. The van der Waals surface area contributed by atoms with Crippen molar-refractivity contribution in [3.8, 4) is 0 Å². The highest BCUT2D eigenvalue weighted by Gasteiger charge is 2.44. The molecule has 2 rings (SSSR count). The third-order valence-electron chi connectivity index (χ3n) is 3.17. The minimum Gasteiger partial charge on any atom is -0.326 e. The second-order valence-electron chi connectivity index (χ2n) is 5.13. The average molecular weight is 254 g/mol. The van der Waals surface area contributed by atoms with E-state index < -0.39 is 15.6 Å². The van der Waals surface area contributed by atoms with Gasteiger partial charge in [-0.3, -0.25) is 0 Å². The summed E-state index contributed by atoms with van der Waals surface area (Å²) in [5.74, 6) is 0. The van der Waals surface area contributed by atoms with Gasteiger partial charge in [-0.25, -0.2) is 8.42 Å². The topological polar surface area (TPSA) is 63.4 Å². The predicted octanol–water partition coefficient (Wildman–Crippen LogP) is 1.19. The number of nitrogens with zero attached hydrogens (tertiary/aromatic N) is 1. The lowest BCUT2D eigenvalue weighted by Gasteiger charge is -2.30. The molecule has 1 aromatic carbocycles. The molecule has 0 bridgehead atoms. The Balaban J connectivity index is 2.41. The standard InChI is InChI=1S/C12H18N2O2S/c1-12(2)8-10(13)9-14(12)17(15,16)11-6-4-3-5-7-11/h3-7,10H,8-9,13H2,1-2H3. The van der Waals surface area contributed by atoms with Gasteiger partial charge < -0.3 is 5.73 Å². The number of hydrogen-bond donors (Lipinski definition) is 1. The van der Waals surface area contributed by atoms with E-state index in [1.165, 1.54) is 4.31 Å². The first-order chi connectivity index (χ1) is 7.84. The van der Waals surface area contributed by atoms with Gasteiger partial charge >= 0.3 is 0 Å². The van der Waals surface area contributed by atoms with E-state index in [1.807, 2.05) is 13.8 Å². The van der Waals surface area contributed by atoms with Crippen LogP contribution in [0.2, 0.25) is 0 Å². The molecule has 2 N–H and O–H groups in total. The molecule has 94 valence electrons. The molecule has 1 atom stereocenters. The molecule has 1 saturated heterocycles. The van der Waals surface area contributed by atoms with Crippen molar-refractivity contribution in [2.24, 2.45) is 5.73 Å². The van der Waals surface area contributed by atoms with Gasteiger partial charge in [0.1, 0.15) is 0 Å². The lowest BCUT2D eigenvalue weighted by Crippen LogP contribution is -2.42. The van der Waals surface area contributed by atoms with Gasteiger partial charge in [-0.2, -0.15) is 4.31 Å². The fourth-order valence-electron chi connectivity index (χ4n) is 2.41. The van der Waals surface area contributed by atoms with Crippen LogP contribution in [0.1, 0.15) is 20.3 Å². The van der Waals surface area contributed by atoms with Gasteiger partial charge in [0, 0.05) is 18.1 Å². The van der Waals surface area contributed by atoms with E-state index in [-0.39, 0.29) is 6.04 Å². The quantitative estimate of drug-likeness (QED) is 0.862. The van der Waals surface area contributed by atoms with Crippen molar-refractivity contribution in [1.82, 2.24) is 4.31 Å². The normalized spacial score (nSPS) is 25.0. The van der Waals surface area contributed by atoms with E-state index in [4.69, 9.17) is 5.73 Å². The molecule has 4 nitrogen and oxygen atoms in total. The fraction of sp³-hybridized carbons (Fsp3) is 0.500. The van der Waals surface area contributed by atoms with Gasteiger partial charge in [0.05, 0.1) is 4.90 Å². The zero-order chi connectivity index (χ0) is 12.7. The molecule has 1 fully saturated rings. The van der Waals surface area contributed by atoms with Crippen LogP contribution in [0.4, 0.5) is 0 Å². The van der Waals surface area contributed by atoms with Gasteiger partial charge in [0.2, 0.25) is 10.0 Å². The third kappa shape index (κ3) is 2.22. The van der Waals surface area contributed by atoms with Crippen LogP contribution in [0.3, 0.4) is 0 Å². The number of sulfonamides is 1. The van der Waals surface area contributed by atoms with Crippen molar-refractivity contribution < 1.29 is 8.42 Å². The van der Waals surface area contributed by atoms with E-state index in [9.17, 15) is 8.42 Å². The van der Waals surface area contributed by atoms with Crippen LogP contribution in [-0.2, 0) is 10.0 Å². The average Bonchev–Trinajstić information content (AvgIpc) is 2.54. The van der Waals surface area contributed by atoms with E-state index in [1.54, 1.807) is 30.3 Å². The number of rotatable bonds is 2. The van der Waals surface area contributed by atoms with Crippen molar-refractivity contribution in [3.05, 3.63) is 30.3 Å². The maximum absolute atomic E-state index is 12.5. The van der Waals surface area contributed by atoms with Crippen LogP contribution in [0, 0.1) is 0 Å². The molecular weight excluding hydrogens is 236 g/mol. The Hall–Kier alpha value is -0.910. The van der Waals surface area contributed by atoms with Gasteiger partial charge in [-0.05, 0) is 32.4 Å². The van der Waals surface area contributed by atoms with E-state index >= 15 is 0 Å². The minimum absolute atomic E-state index is 0.0801. The van der Waals surface area contributed by atoms with Crippen molar-refractivity contribution in [3.63, 3.8) is 0 Å². The number of nitrogens with two attached hydrogens (primary N) is 1. The summed E-state index contributed by atoms with van der Waals surface area (Å²) in [6.45, 7) is 4.23. The van der Waals surface area contributed by atoms with E-state index in [2.05, 4.69) is 0 Å². The summed E-state index contributed by atoms with van der Waals surface area (Å²) < 4.78 is 26.4. The maximum atomic E-state index is 12.5. The maximum Gasteiger partial charge on any atom is 0.243 e. The first-order valence-corrected chi connectivity index (χ1v) is 7.11. The molecule has 5 heteroatoms. The Bertz CT molecular complexity index is 496. The Morgan fingerprint density at radius 2 is 1.88 bits per heavy atom. The number of hydrogen-bond acceptors (Lipinski definition) is 3. The zero-order valence-electron chi connectivity index (χ0n) is 10.1. The molecule has 0 aromatic heterocycles. The molecule has 1 aromatic rings. The Morgan fingerprint density at radius 3 is 2.35 bits per heavy atom. The molecule has 1 aliphatic heterocycles. The lowest BCUT2D eigenvalue weighted by atomic mass is 10.0. The molecule has 1 unspecified atom stereocenters. The zero-order valence-corrected chi connectivity index (χ0v) is 10.9. The predicted molar refractivity (Wildman–Crippen MR) is 67.0 cm³/mol. The van der Waals surface area contributed by atoms with Crippen molar-refractivity contribution in [2.45, 2.75) is 36.7 Å². The van der Waals surface area contributed by atoms with E-state index in [0.29, 0.717) is 17.9 Å². The van der Waals surface area contributed by atoms with Gasteiger partial charge in [0.15, 0.2) is 0 Å². The molecule has 0 radical (unpaired) electrons. The van der Waals surface area contributed by atoms with Crippen LogP contribution >= 0.6 is 0 Å². The Morgan fingerprint density at radius 1 is 1.29 bits per heavy atom. The molecule has 1 heterocycles. The largest absolute Gasteiger partial charge is 0.326 e. The van der Waals surface area contributed by atoms with E-state index in [0.717, 1.165) is 0 Å².